The van der Waals surface area contributed by atoms with E-state index in [1.165, 1.54) is 0 Å². The predicted molar refractivity (Wildman–Crippen MR) is 63.9 cm³/mol. The minimum Gasteiger partial charge on any atom is -1.00 e. The van der Waals surface area contributed by atoms with Gasteiger partial charge < -0.3 is 49.1 Å². The first-order valence-corrected chi connectivity index (χ1v) is 5.76. The Morgan fingerprint density at radius 3 is 1.28 bits per heavy atom. The molecule has 0 rings (SSSR count). The molecule has 18 heavy (non-hydrogen) atoms. The molecule has 0 aromatic carbocycles. The molecule has 0 aliphatic carbocycles. The quantitative estimate of drug-likeness (QED) is 0.391. The highest BCUT2D eigenvalue weighted by Gasteiger charge is 2.26. The maximum atomic E-state index is 9.98. The van der Waals surface area contributed by atoms with Crippen LogP contribution < -0.4 is 24.8 Å². The van der Waals surface area contributed by atoms with E-state index in [0.717, 1.165) is 0 Å². The largest absolute Gasteiger partial charge is 1.00 e. The lowest BCUT2D eigenvalue weighted by atomic mass is 10.2. The summed E-state index contributed by atoms with van der Waals surface area (Å²) in [6, 6.07) is 0. The normalized spacial score (nSPS) is 12.0. The number of rotatable bonds is 8. The van der Waals surface area contributed by atoms with Crippen molar-refractivity contribution in [2.45, 2.75) is 6.10 Å². The molecule has 0 amide bonds. The summed E-state index contributed by atoms with van der Waals surface area (Å²) in [5.74, 6) is 0. The SMILES string of the molecule is C[N+](C)(CCO)CC(O)C[N+](C)(C)CCO.[Cl-].[Cl-]. The molecule has 3 N–H and O–H groups in total. The summed E-state index contributed by atoms with van der Waals surface area (Å²) in [4.78, 5) is 0. The molecule has 0 aliphatic heterocycles. The molecule has 0 unspecified atom stereocenters. The first-order chi connectivity index (χ1) is 7.22. The van der Waals surface area contributed by atoms with E-state index >= 15 is 0 Å². The third-order valence-corrected chi connectivity index (χ3v) is 2.82. The standard InChI is InChI=1S/C11H28N2O3.2ClH/c1-12(2,5-7-14)9-11(16)10-13(3,4)6-8-15;;/h11,14-16H,5-10H2,1-4H3;2*1H/q+2;;/p-2. The highest BCUT2D eigenvalue weighted by molar-refractivity contribution is 4.53. The molecule has 0 aromatic rings. The Hall–Kier alpha value is 0.380. The van der Waals surface area contributed by atoms with Crippen molar-refractivity contribution >= 4 is 0 Å². The summed E-state index contributed by atoms with van der Waals surface area (Å²) in [5, 5.41) is 27.8. The minimum absolute atomic E-state index is 0. The summed E-state index contributed by atoms with van der Waals surface area (Å²) in [7, 11) is 7.97. The van der Waals surface area contributed by atoms with Crippen molar-refractivity contribution in [3.63, 3.8) is 0 Å². The fraction of sp³-hybridized carbons (Fsp3) is 1.00. The molecule has 0 aliphatic rings. The monoisotopic (exact) mass is 306 g/mol. The van der Waals surface area contributed by atoms with Crippen LogP contribution in [0.4, 0.5) is 0 Å². The van der Waals surface area contributed by atoms with Gasteiger partial charge in [0.2, 0.25) is 0 Å². The second kappa shape index (κ2) is 10.2. The average molecular weight is 307 g/mol. The molecular weight excluding hydrogens is 279 g/mol. The van der Waals surface area contributed by atoms with Gasteiger partial charge in [0.1, 0.15) is 26.2 Å². The Balaban J connectivity index is -0.00000112. The smallest absolute Gasteiger partial charge is 0.152 e. The summed E-state index contributed by atoms with van der Waals surface area (Å²) >= 11 is 0. The van der Waals surface area contributed by atoms with Crippen LogP contribution in [0.5, 0.6) is 0 Å². The van der Waals surface area contributed by atoms with E-state index in [0.29, 0.717) is 35.1 Å². The van der Waals surface area contributed by atoms with Crippen molar-refractivity contribution in [1.29, 1.82) is 0 Å². The topological polar surface area (TPSA) is 60.7 Å². The van der Waals surface area contributed by atoms with E-state index < -0.39 is 6.10 Å². The molecule has 0 saturated carbocycles. The number of likely N-dealkylation sites (N-methyl/N-ethyl adjacent to an activating group) is 2. The summed E-state index contributed by atoms with van der Waals surface area (Å²) in [5.41, 5.74) is 0. The van der Waals surface area contributed by atoms with Gasteiger partial charge in [-0.1, -0.05) is 0 Å². The third-order valence-electron chi connectivity index (χ3n) is 2.82. The highest BCUT2D eigenvalue weighted by Crippen LogP contribution is 2.04. The molecule has 0 aromatic heterocycles. The Kier molecular flexibility index (Phi) is 13.3. The summed E-state index contributed by atoms with van der Waals surface area (Å²) in [6.07, 6.45) is -0.414. The lowest BCUT2D eigenvalue weighted by Gasteiger charge is -2.35. The second-order valence-electron chi connectivity index (χ2n) is 5.78. The van der Waals surface area contributed by atoms with Crippen LogP contribution in [0, 0.1) is 0 Å². The van der Waals surface area contributed by atoms with Gasteiger partial charge in [-0.25, -0.2) is 0 Å². The lowest BCUT2D eigenvalue weighted by Crippen LogP contribution is -3.00. The van der Waals surface area contributed by atoms with Crippen LogP contribution >= 0.6 is 0 Å². The Labute approximate surface area is 123 Å². The van der Waals surface area contributed by atoms with Crippen molar-refractivity contribution < 1.29 is 49.1 Å². The lowest BCUT2D eigenvalue weighted by molar-refractivity contribution is -0.914. The highest BCUT2D eigenvalue weighted by atomic mass is 35.5. The maximum Gasteiger partial charge on any atom is 0.152 e. The van der Waals surface area contributed by atoms with Gasteiger partial charge in [-0.3, -0.25) is 0 Å². The van der Waals surface area contributed by atoms with Crippen LogP contribution in [-0.2, 0) is 0 Å². The van der Waals surface area contributed by atoms with Gasteiger partial charge >= 0.3 is 0 Å². The molecular formula is C11H28Cl2N2O3. The first-order valence-electron chi connectivity index (χ1n) is 5.76. The molecule has 0 heterocycles. The summed E-state index contributed by atoms with van der Waals surface area (Å²) < 4.78 is 1.22. The van der Waals surface area contributed by atoms with Crippen molar-refractivity contribution in [3.05, 3.63) is 0 Å². The van der Waals surface area contributed by atoms with Crippen LogP contribution in [0.3, 0.4) is 0 Å². The molecule has 0 radical (unpaired) electrons. The number of hydrogen-bond donors (Lipinski definition) is 3. The number of aliphatic hydroxyl groups excluding tert-OH is 3. The number of aliphatic hydroxyl groups is 3. The first kappa shape index (κ1) is 23.5. The van der Waals surface area contributed by atoms with Crippen molar-refractivity contribution in [2.75, 3.05) is 67.6 Å². The molecule has 0 fully saturated rings. The van der Waals surface area contributed by atoms with Gasteiger partial charge in [0.05, 0.1) is 41.4 Å². The third kappa shape index (κ3) is 11.5. The Morgan fingerprint density at radius 2 is 1.06 bits per heavy atom. The number of hydrogen-bond acceptors (Lipinski definition) is 3. The zero-order valence-corrected chi connectivity index (χ0v) is 13.3. The van der Waals surface area contributed by atoms with Gasteiger partial charge in [0.25, 0.3) is 0 Å². The maximum absolute atomic E-state index is 9.98. The zero-order valence-electron chi connectivity index (χ0n) is 11.8. The molecule has 0 bridgehead atoms. The van der Waals surface area contributed by atoms with E-state index in [1.54, 1.807) is 0 Å². The van der Waals surface area contributed by atoms with Gasteiger partial charge in [0, 0.05) is 0 Å². The fourth-order valence-electron chi connectivity index (χ4n) is 1.92. The van der Waals surface area contributed by atoms with Crippen LogP contribution in [0.15, 0.2) is 0 Å². The van der Waals surface area contributed by atoms with Gasteiger partial charge in [0.15, 0.2) is 6.10 Å². The number of quaternary nitrogens is 2. The van der Waals surface area contributed by atoms with E-state index in [4.69, 9.17) is 10.2 Å². The average Bonchev–Trinajstić information content (AvgIpc) is 1.99. The van der Waals surface area contributed by atoms with Crippen LogP contribution in [0.25, 0.3) is 0 Å². The molecule has 0 saturated heterocycles. The Bertz CT molecular complexity index is 185. The predicted octanol–water partition coefficient (Wildman–Crippen LogP) is -7.51. The van der Waals surface area contributed by atoms with Gasteiger partial charge in [-0.2, -0.15) is 0 Å². The van der Waals surface area contributed by atoms with Crippen molar-refractivity contribution in [1.82, 2.24) is 0 Å². The Morgan fingerprint density at radius 1 is 0.778 bits per heavy atom. The van der Waals surface area contributed by atoms with E-state index in [1.807, 2.05) is 28.2 Å². The van der Waals surface area contributed by atoms with E-state index in [2.05, 4.69) is 0 Å². The number of nitrogens with zero attached hydrogens (tertiary/aromatic N) is 2. The molecule has 5 nitrogen and oxygen atoms in total. The zero-order chi connectivity index (χ0) is 12.8. The molecule has 7 heteroatoms. The fourth-order valence-corrected chi connectivity index (χ4v) is 1.92. The van der Waals surface area contributed by atoms with Gasteiger partial charge in [-0.05, 0) is 0 Å². The minimum atomic E-state index is -0.414. The second-order valence-corrected chi connectivity index (χ2v) is 5.78. The van der Waals surface area contributed by atoms with E-state index in [-0.39, 0.29) is 38.0 Å². The van der Waals surface area contributed by atoms with Crippen LogP contribution in [-0.4, -0.2) is 98.0 Å². The van der Waals surface area contributed by atoms with Gasteiger partial charge in [-0.15, -0.1) is 0 Å². The molecule has 0 spiro atoms. The number of halogens is 2. The van der Waals surface area contributed by atoms with Crippen LogP contribution in [0.2, 0.25) is 0 Å². The van der Waals surface area contributed by atoms with Crippen LogP contribution in [0.1, 0.15) is 0 Å². The van der Waals surface area contributed by atoms with E-state index in [9.17, 15) is 5.11 Å². The van der Waals surface area contributed by atoms with Crippen molar-refractivity contribution in [3.8, 4) is 0 Å². The van der Waals surface area contributed by atoms with Crippen molar-refractivity contribution in [2.24, 2.45) is 0 Å². The molecule has 0 atom stereocenters. The summed E-state index contributed by atoms with van der Waals surface area (Å²) in [6.45, 7) is 2.79. The molecule has 114 valence electrons.